The number of rotatable bonds is 2. The van der Waals surface area contributed by atoms with Crippen molar-refractivity contribution >= 4 is 35.0 Å². The molecule has 0 fully saturated rings. The maximum Gasteiger partial charge on any atom is 0.354 e. The summed E-state index contributed by atoms with van der Waals surface area (Å²) in [6, 6.07) is 4.88. The summed E-state index contributed by atoms with van der Waals surface area (Å²) in [5.41, 5.74) is 0.0271. The van der Waals surface area contributed by atoms with Gasteiger partial charge in [-0.1, -0.05) is 29.3 Å². The van der Waals surface area contributed by atoms with Crippen LogP contribution in [0, 0.1) is 0 Å². The fourth-order valence-electron chi connectivity index (χ4n) is 1.62. The lowest BCUT2D eigenvalue weighted by molar-refractivity contribution is 0.0690. The van der Waals surface area contributed by atoms with Crippen LogP contribution in [-0.2, 0) is 0 Å². The highest BCUT2D eigenvalue weighted by Gasteiger charge is 2.18. The summed E-state index contributed by atoms with van der Waals surface area (Å²) >= 11 is 11.9. The first-order valence-corrected chi connectivity index (χ1v) is 5.82. The normalized spacial score (nSPS) is 16.2. The van der Waals surface area contributed by atoms with E-state index in [1.165, 1.54) is 6.07 Å². The number of carbonyl (C=O) groups is 1. The number of pyridine rings is 1. The first-order chi connectivity index (χ1) is 8.08. The lowest BCUT2D eigenvalue weighted by Gasteiger charge is -2.27. The van der Waals surface area contributed by atoms with Gasteiger partial charge in [-0.25, -0.2) is 9.78 Å². The Bertz CT molecular complexity index is 488. The van der Waals surface area contributed by atoms with Crippen LogP contribution in [0.4, 0.5) is 5.82 Å². The molecule has 0 atom stereocenters. The zero-order valence-electron chi connectivity index (χ0n) is 8.86. The molecule has 0 bridgehead atoms. The summed E-state index contributed by atoms with van der Waals surface area (Å²) in [5, 5.41) is 10.1. The highest BCUT2D eigenvalue weighted by molar-refractivity contribution is 6.39. The minimum atomic E-state index is -1.04. The van der Waals surface area contributed by atoms with Crippen LogP contribution in [0.2, 0.25) is 0 Å². The van der Waals surface area contributed by atoms with Gasteiger partial charge in [-0.3, -0.25) is 0 Å². The first-order valence-electron chi connectivity index (χ1n) is 5.06. The molecule has 1 aliphatic heterocycles. The van der Waals surface area contributed by atoms with E-state index in [-0.39, 0.29) is 5.69 Å². The van der Waals surface area contributed by atoms with Gasteiger partial charge in [0.15, 0.2) is 5.69 Å². The number of nitrogens with zero attached hydrogens (tertiary/aromatic N) is 2. The van der Waals surface area contributed by atoms with Gasteiger partial charge >= 0.3 is 5.97 Å². The molecule has 1 aliphatic rings. The molecule has 90 valence electrons. The Morgan fingerprint density at radius 3 is 2.76 bits per heavy atom. The Balaban J connectivity index is 2.24. The second-order valence-electron chi connectivity index (χ2n) is 3.67. The fraction of sp³-hybridized carbons (Fsp3) is 0.273. The molecule has 6 heteroatoms. The monoisotopic (exact) mass is 272 g/mol. The van der Waals surface area contributed by atoms with Crippen molar-refractivity contribution in [3.63, 3.8) is 0 Å². The third-order valence-corrected chi connectivity index (χ3v) is 3.36. The highest BCUT2D eigenvalue weighted by Crippen LogP contribution is 2.26. The summed E-state index contributed by atoms with van der Waals surface area (Å²) < 4.78 is 0. The van der Waals surface area contributed by atoms with E-state index in [9.17, 15) is 4.79 Å². The summed E-state index contributed by atoms with van der Waals surface area (Å²) in [7, 11) is 0. The van der Waals surface area contributed by atoms with Crippen molar-refractivity contribution in [3.8, 4) is 0 Å². The maximum atomic E-state index is 10.8. The van der Waals surface area contributed by atoms with E-state index in [0.717, 1.165) is 0 Å². The lowest BCUT2D eigenvalue weighted by atomic mass is 10.2. The Morgan fingerprint density at radius 1 is 1.35 bits per heavy atom. The molecule has 4 nitrogen and oxygen atoms in total. The summed E-state index contributed by atoms with van der Waals surface area (Å²) in [5.74, 6) is -0.434. The second kappa shape index (κ2) is 4.94. The van der Waals surface area contributed by atoms with E-state index in [4.69, 9.17) is 28.3 Å². The molecule has 0 spiro atoms. The molecule has 1 aromatic heterocycles. The van der Waals surface area contributed by atoms with Crippen molar-refractivity contribution in [2.75, 3.05) is 18.0 Å². The van der Waals surface area contributed by atoms with Gasteiger partial charge in [-0.05, 0) is 12.1 Å². The number of carboxylic acid groups (broad SMARTS) is 1. The zero-order chi connectivity index (χ0) is 12.4. The SMILES string of the molecule is O=C(O)c1cccc(N2CCC(Cl)=C(Cl)C2)n1. The number of aromatic carboxylic acids is 1. The molecule has 17 heavy (non-hydrogen) atoms. The number of hydrogen-bond donors (Lipinski definition) is 1. The molecule has 1 N–H and O–H groups in total. The number of halogens is 2. The van der Waals surface area contributed by atoms with Gasteiger partial charge in [0, 0.05) is 18.0 Å². The molecule has 0 aliphatic carbocycles. The van der Waals surface area contributed by atoms with Crippen molar-refractivity contribution in [1.82, 2.24) is 4.98 Å². The van der Waals surface area contributed by atoms with Gasteiger partial charge < -0.3 is 10.0 Å². The predicted molar refractivity (Wildman–Crippen MR) is 66.8 cm³/mol. The zero-order valence-corrected chi connectivity index (χ0v) is 10.4. The van der Waals surface area contributed by atoms with Crippen molar-refractivity contribution in [2.24, 2.45) is 0 Å². The molecule has 0 amide bonds. The van der Waals surface area contributed by atoms with Crippen LogP contribution in [0.3, 0.4) is 0 Å². The van der Waals surface area contributed by atoms with Gasteiger partial charge in [0.05, 0.1) is 11.6 Å². The van der Waals surface area contributed by atoms with Crippen molar-refractivity contribution in [2.45, 2.75) is 6.42 Å². The molecular formula is C11H10Cl2N2O2. The van der Waals surface area contributed by atoms with Crippen LogP contribution < -0.4 is 4.90 Å². The molecule has 0 unspecified atom stereocenters. The quantitative estimate of drug-likeness (QED) is 0.900. The molecule has 0 radical (unpaired) electrons. The number of anilines is 1. The molecule has 0 saturated carbocycles. The van der Waals surface area contributed by atoms with Crippen LogP contribution >= 0.6 is 23.2 Å². The van der Waals surface area contributed by atoms with Crippen LogP contribution in [0.1, 0.15) is 16.9 Å². The third kappa shape index (κ3) is 2.70. The Labute approximate surface area is 108 Å². The standard InChI is InChI=1S/C11H10Cl2N2O2/c12-7-4-5-15(6-8(7)13)10-3-1-2-9(14-10)11(16)17/h1-3H,4-6H2,(H,16,17). The maximum absolute atomic E-state index is 10.8. The van der Waals surface area contributed by atoms with Gasteiger partial charge in [0.1, 0.15) is 5.82 Å². The van der Waals surface area contributed by atoms with E-state index in [2.05, 4.69) is 4.98 Å². The number of carboxylic acids is 1. The smallest absolute Gasteiger partial charge is 0.354 e. The Kier molecular flexibility index (Phi) is 3.54. The topological polar surface area (TPSA) is 53.4 Å². The predicted octanol–water partition coefficient (Wildman–Crippen LogP) is 2.68. The molecular weight excluding hydrogens is 263 g/mol. The molecule has 2 heterocycles. The molecule has 1 aromatic rings. The fourth-order valence-corrected chi connectivity index (χ4v) is 2.00. The average Bonchev–Trinajstić information content (AvgIpc) is 2.33. The molecule has 0 saturated heterocycles. The van der Waals surface area contributed by atoms with E-state index in [1.54, 1.807) is 12.1 Å². The van der Waals surface area contributed by atoms with Crippen LogP contribution in [-0.4, -0.2) is 29.1 Å². The van der Waals surface area contributed by atoms with E-state index >= 15 is 0 Å². The van der Waals surface area contributed by atoms with Crippen molar-refractivity contribution in [1.29, 1.82) is 0 Å². The molecule has 0 aromatic carbocycles. The number of hydrogen-bond acceptors (Lipinski definition) is 3. The van der Waals surface area contributed by atoms with Gasteiger partial charge in [0.2, 0.25) is 0 Å². The third-order valence-electron chi connectivity index (χ3n) is 2.50. The minimum absolute atomic E-state index is 0.0271. The Morgan fingerprint density at radius 2 is 2.12 bits per heavy atom. The summed E-state index contributed by atoms with van der Waals surface area (Å²) in [4.78, 5) is 16.8. The van der Waals surface area contributed by atoms with E-state index in [1.807, 2.05) is 4.90 Å². The second-order valence-corrected chi connectivity index (χ2v) is 4.58. The van der Waals surface area contributed by atoms with Gasteiger partial charge in [-0.15, -0.1) is 0 Å². The number of aromatic nitrogens is 1. The molecule has 2 rings (SSSR count). The Hall–Kier alpha value is -1.26. The van der Waals surface area contributed by atoms with Crippen LogP contribution in [0.25, 0.3) is 0 Å². The average molecular weight is 273 g/mol. The van der Waals surface area contributed by atoms with E-state index < -0.39 is 5.97 Å². The van der Waals surface area contributed by atoms with Crippen molar-refractivity contribution < 1.29 is 9.90 Å². The lowest BCUT2D eigenvalue weighted by Crippen LogP contribution is -2.30. The summed E-state index contributed by atoms with van der Waals surface area (Å²) in [6.45, 7) is 1.15. The highest BCUT2D eigenvalue weighted by atomic mass is 35.5. The van der Waals surface area contributed by atoms with Crippen LogP contribution in [0.15, 0.2) is 28.3 Å². The minimum Gasteiger partial charge on any atom is -0.477 e. The van der Waals surface area contributed by atoms with Gasteiger partial charge in [-0.2, -0.15) is 0 Å². The summed E-state index contributed by atoms with van der Waals surface area (Å²) in [6.07, 6.45) is 0.652. The van der Waals surface area contributed by atoms with Crippen LogP contribution in [0.5, 0.6) is 0 Å². The van der Waals surface area contributed by atoms with Crippen molar-refractivity contribution in [3.05, 3.63) is 34.0 Å². The van der Waals surface area contributed by atoms with E-state index in [0.29, 0.717) is 35.4 Å². The largest absolute Gasteiger partial charge is 0.477 e. The van der Waals surface area contributed by atoms with Gasteiger partial charge in [0.25, 0.3) is 0 Å². The first kappa shape index (κ1) is 12.2.